The van der Waals surface area contributed by atoms with Gasteiger partial charge in [0.15, 0.2) is 0 Å². The molecule has 2 rings (SSSR count). The summed E-state index contributed by atoms with van der Waals surface area (Å²) in [5.41, 5.74) is 7.82. The summed E-state index contributed by atoms with van der Waals surface area (Å²) in [5.74, 6) is 0.864. The Morgan fingerprint density at radius 3 is 2.53 bits per heavy atom. The fraction of sp³-hybridized carbons (Fsp3) is 0.200. The molecule has 0 saturated carbocycles. The second-order valence-electron chi connectivity index (χ2n) is 4.18. The molecule has 2 aromatic carbocycles. The second-order valence-corrected chi connectivity index (χ2v) is 5.47. The molecule has 0 fully saturated rings. The molecule has 0 aliphatic rings. The maximum atomic E-state index is 5.90. The van der Waals surface area contributed by atoms with Crippen LogP contribution in [-0.2, 0) is 13.0 Å². The van der Waals surface area contributed by atoms with Gasteiger partial charge in [-0.1, -0.05) is 35.9 Å². The molecule has 100 valence electrons. The van der Waals surface area contributed by atoms with Gasteiger partial charge in [-0.25, -0.2) is 0 Å². The molecule has 0 radical (unpaired) electrons. The van der Waals surface area contributed by atoms with E-state index in [1.54, 1.807) is 0 Å². The molecule has 0 spiro atoms. The summed E-state index contributed by atoms with van der Waals surface area (Å²) in [7, 11) is 0. The maximum Gasteiger partial charge on any atom is 0.137 e. The van der Waals surface area contributed by atoms with E-state index in [1.165, 1.54) is 0 Å². The minimum Gasteiger partial charge on any atom is -0.487 e. The molecule has 0 aliphatic heterocycles. The quantitative estimate of drug-likeness (QED) is 0.886. The Morgan fingerprint density at radius 2 is 1.84 bits per heavy atom. The van der Waals surface area contributed by atoms with Crippen molar-refractivity contribution in [1.82, 2.24) is 0 Å². The zero-order valence-electron chi connectivity index (χ0n) is 10.4. The van der Waals surface area contributed by atoms with Crippen molar-refractivity contribution < 1.29 is 4.74 Å². The lowest BCUT2D eigenvalue weighted by Crippen LogP contribution is -2.06. The largest absolute Gasteiger partial charge is 0.487 e. The van der Waals surface area contributed by atoms with Crippen molar-refractivity contribution in [1.29, 1.82) is 0 Å². The van der Waals surface area contributed by atoms with Crippen LogP contribution in [0.1, 0.15) is 11.1 Å². The predicted molar refractivity (Wildman–Crippen MR) is 82.7 cm³/mol. The van der Waals surface area contributed by atoms with Gasteiger partial charge in [-0.05, 0) is 58.2 Å². The van der Waals surface area contributed by atoms with Gasteiger partial charge in [0, 0.05) is 5.02 Å². The topological polar surface area (TPSA) is 35.2 Å². The van der Waals surface area contributed by atoms with Crippen LogP contribution in [0.2, 0.25) is 5.02 Å². The first kappa shape index (κ1) is 14.4. The highest BCUT2D eigenvalue weighted by Gasteiger charge is 2.07. The zero-order valence-corrected chi connectivity index (χ0v) is 12.7. The highest BCUT2D eigenvalue weighted by atomic mass is 79.9. The summed E-state index contributed by atoms with van der Waals surface area (Å²) in [5, 5.41) is 0.730. The van der Waals surface area contributed by atoms with E-state index < -0.39 is 0 Å². The second kappa shape index (κ2) is 6.94. The Hall–Kier alpha value is -1.03. The van der Waals surface area contributed by atoms with Crippen molar-refractivity contribution in [3.8, 4) is 5.75 Å². The third-order valence-corrected chi connectivity index (χ3v) is 3.64. The summed E-state index contributed by atoms with van der Waals surface area (Å²) >= 11 is 9.37. The predicted octanol–water partition coefficient (Wildman–Crippen LogP) is 4.18. The van der Waals surface area contributed by atoms with Crippen LogP contribution in [0.15, 0.2) is 46.9 Å². The molecule has 2 aromatic rings. The normalized spacial score (nSPS) is 10.5. The molecule has 2 N–H and O–H groups in total. The highest BCUT2D eigenvalue weighted by Crippen LogP contribution is 2.30. The zero-order chi connectivity index (χ0) is 13.7. The number of ether oxygens (including phenoxy) is 1. The van der Waals surface area contributed by atoms with E-state index in [2.05, 4.69) is 15.9 Å². The lowest BCUT2D eigenvalue weighted by Gasteiger charge is -2.13. The number of nitrogens with two attached hydrogens (primary N) is 1. The van der Waals surface area contributed by atoms with Crippen LogP contribution in [0, 0.1) is 0 Å². The van der Waals surface area contributed by atoms with Crippen molar-refractivity contribution in [2.24, 2.45) is 5.73 Å². The summed E-state index contributed by atoms with van der Waals surface area (Å²) < 4.78 is 6.85. The number of halogens is 2. The minimum absolute atomic E-state index is 0.511. The van der Waals surface area contributed by atoms with E-state index in [0.29, 0.717) is 13.2 Å². The van der Waals surface area contributed by atoms with E-state index in [-0.39, 0.29) is 0 Å². The Balaban J connectivity index is 2.12. The lowest BCUT2D eigenvalue weighted by atomic mass is 10.1. The van der Waals surface area contributed by atoms with Gasteiger partial charge in [0.2, 0.25) is 0 Å². The van der Waals surface area contributed by atoms with Gasteiger partial charge >= 0.3 is 0 Å². The molecule has 0 heterocycles. The number of hydrogen-bond acceptors (Lipinski definition) is 2. The molecule has 0 atom stereocenters. The summed E-state index contributed by atoms with van der Waals surface area (Å²) in [6.45, 7) is 1.12. The monoisotopic (exact) mass is 339 g/mol. The van der Waals surface area contributed by atoms with Crippen LogP contribution < -0.4 is 10.5 Å². The van der Waals surface area contributed by atoms with Gasteiger partial charge in [-0.15, -0.1) is 0 Å². The molecular weight excluding hydrogens is 326 g/mol. The van der Waals surface area contributed by atoms with Gasteiger partial charge in [0.25, 0.3) is 0 Å². The molecule has 0 aromatic heterocycles. The van der Waals surface area contributed by atoms with Crippen molar-refractivity contribution in [3.63, 3.8) is 0 Å². The summed E-state index contributed by atoms with van der Waals surface area (Å²) in [6, 6.07) is 13.6. The van der Waals surface area contributed by atoms with E-state index in [1.807, 2.05) is 42.5 Å². The van der Waals surface area contributed by atoms with E-state index in [9.17, 15) is 0 Å². The van der Waals surface area contributed by atoms with Gasteiger partial charge in [-0.3, -0.25) is 0 Å². The Morgan fingerprint density at radius 1 is 1.11 bits per heavy atom. The minimum atomic E-state index is 0.511. The lowest BCUT2D eigenvalue weighted by molar-refractivity contribution is 0.301. The summed E-state index contributed by atoms with van der Waals surface area (Å²) in [4.78, 5) is 0. The molecule has 0 aliphatic carbocycles. The van der Waals surface area contributed by atoms with Crippen LogP contribution in [-0.4, -0.2) is 6.54 Å². The number of hydrogen-bond donors (Lipinski definition) is 1. The number of para-hydroxylation sites is 1. The van der Waals surface area contributed by atoms with Crippen LogP contribution in [0.4, 0.5) is 0 Å². The molecule has 0 amide bonds. The molecule has 4 heteroatoms. The average molecular weight is 341 g/mol. The third-order valence-electron chi connectivity index (χ3n) is 2.76. The van der Waals surface area contributed by atoms with E-state index in [0.717, 1.165) is 32.8 Å². The van der Waals surface area contributed by atoms with Crippen molar-refractivity contribution >= 4 is 27.5 Å². The first-order chi connectivity index (χ1) is 9.20. The average Bonchev–Trinajstić information content (AvgIpc) is 2.40. The van der Waals surface area contributed by atoms with Crippen LogP contribution in [0.5, 0.6) is 5.75 Å². The molecule has 0 bridgehead atoms. The molecule has 19 heavy (non-hydrogen) atoms. The Bertz CT molecular complexity index is 542. The smallest absolute Gasteiger partial charge is 0.137 e. The third kappa shape index (κ3) is 3.96. The fourth-order valence-electron chi connectivity index (χ4n) is 1.80. The molecule has 0 unspecified atom stereocenters. The van der Waals surface area contributed by atoms with Crippen molar-refractivity contribution in [2.75, 3.05) is 6.54 Å². The first-order valence-electron chi connectivity index (χ1n) is 6.05. The van der Waals surface area contributed by atoms with Crippen molar-refractivity contribution in [2.45, 2.75) is 13.0 Å². The van der Waals surface area contributed by atoms with Crippen LogP contribution in [0.25, 0.3) is 0 Å². The van der Waals surface area contributed by atoms with Gasteiger partial charge < -0.3 is 10.5 Å². The van der Waals surface area contributed by atoms with Crippen molar-refractivity contribution in [3.05, 3.63) is 63.1 Å². The maximum absolute atomic E-state index is 5.90. The Labute approximate surface area is 126 Å². The first-order valence-corrected chi connectivity index (χ1v) is 7.22. The number of benzene rings is 2. The Kier molecular flexibility index (Phi) is 5.25. The van der Waals surface area contributed by atoms with Gasteiger partial charge in [0.1, 0.15) is 12.4 Å². The standard InChI is InChI=1S/C15H15BrClNO/c16-14-3-1-2-12(8-9-18)15(14)19-10-11-4-6-13(17)7-5-11/h1-7H,8-10,18H2. The highest BCUT2D eigenvalue weighted by molar-refractivity contribution is 9.10. The van der Waals surface area contributed by atoms with Gasteiger partial charge in [0.05, 0.1) is 4.47 Å². The number of rotatable bonds is 5. The van der Waals surface area contributed by atoms with Gasteiger partial charge in [-0.2, -0.15) is 0 Å². The van der Waals surface area contributed by atoms with E-state index >= 15 is 0 Å². The van der Waals surface area contributed by atoms with Crippen LogP contribution in [0.3, 0.4) is 0 Å². The summed E-state index contributed by atoms with van der Waals surface area (Å²) in [6.07, 6.45) is 0.801. The molecule has 0 saturated heterocycles. The SMILES string of the molecule is NCCc1cccc(Br)c1OCc1ccc(Cl)cc1. The molecule has 2 nitrogen and oxygen atoms in total. The van der Waals surface area contributed by atoms with E-state index in [4.69, 9.17) is 22.1 Å². The van der Waals surface area contributed by atoms with Crippen LogP contribution >= 0.6 is 27.5 Å². The fourth-order valence-corrected chi connectivity index (χ4v) is 2.45. The molecular formula is C15H15BrClNO.